The normalized spacial score (nSPS) is 14.9. The summed E-state index contributed by atoms with van der Waals surface area (Å²) in [7, 11) is 0. The maximum atomic E-state index is 11.5. The first-order valence-electron chi connectivity index (χ1n) is 6.10. The van der Waals surface area contributed by atoms with Crippen LogP contribution in [-0.4, -0.2) is 31.7 Å². The van der Waals surface area contributed by atoms with Gasteiger partial charge in [-0.05, 0) is 11.8 Å². The third kappa shape index (κ3) is 6.80. The van der Waals surface area contributed by atoms with Gasteiger partial charge in [-0.1, -0.05) is 34.1 Å². The second-order valence-corrected chi connectivity index (χ2v) is 4.67. The molecule has 1 amide bonds. The van der Waals surface area contributed by atoms with Crippen LogP contribution in [0.3, 0.4) is 0 Å². The Bertz CT molecular complexity index is 195. The summed E-state index contributed by atoms with van der Waals surface area (Å²) in [6.45, 7) is 10.0. The van der Waals surface area contributed by atoms with E-state index in [1.54, 1.807) is 0 Å². The molecular weight excluding hydrogens is 204 g/mol. The molecule has 0 aromatic heterocycles. The van der Waals surface area contributed by atoms with Crippen molar-refractivity contribution in [1.29, 1.82) is 0 Å². The number of nitrogens with one attached hydrogen (secondary N) is 1. The molecule has 0 fully saturated rings. The Morgan fingerprint density at radius 1 is 1.38 bits per heavy atom. The van der Waals surface area contributed by atoms with Crippen molar-refractivity contribution in [3.63, 3.8) is 0 Å². The van der Waals surface area contributed by atoms with Crippen LogP contribution in [0.1, 0.15) is 34.1 Å². The highest BCUT2D eigenvalue weighted by Gasteiger charge is 2.18. The number of carbonyl (C=O) groups is 1. The van der Waals surface area contributed by atoms with E-state index in [-0.39, 0.29) is 11.8 Å². The highest BCUT2D eigenvalue weighted by Crippen LogP contribution is 2.04. The summed E-state index contributed by atoms with van der Waals surface area (Å²) < 4.78 is 5.36. The van der Waals surface area contributed by atoms with E-state index in [0.29, 0.717) is 19.1 Å². The van der Waals surface area contributed by atoms with Gasteiger partial charge >= 0.3 is 0 Å². The fraction of sp³-hybridized carbons (Fsp3) is 0.917. The second kappa shape index (κ2) is 8.53. The van der Waals surface area contributed by atoms with Gasteiger partial charge in [-0.25, -0.2) is 0 Å². The second-order valence-electron chi connectivity index (χ2n) is 4.67. The molecule has 0 aliphatic heterocycles. The number of hydrogen-bond acceptors (Lipinski definition) is 3. The number of nitrogens with two attached hydrogens (primary N) is 1. The van der Waals surface area contributed by atoms with Crippen molar-refractivity contribution in [1.82, 2.24) is 5.32 Å². The summed E-state index contributed by atoms with van der Waals surface area (Å²) in [5, 5.41) is 2.78. The summed E-state index contributed by atoms with van der Waals surface area (Å²) >= 11 is 0. The fourth-order valence-corrected chi connectivity index (χ4v) is 1.20. The predicted molar refractivity (Wildman–Crippen MR) is 66.1 cm³/mol. The molecule has 3 N–H and O–H groups in total. The van der Waals surface area contributed by atoms with E-state index in [4.69, 9.17) is 10.5 Å². The van der Waals surface area contributed by atoms with E-state index >= 15 is 0 Å². The van der Waals surface area contributed by atoms with Crippen molar-refractivity contribution < 1.29 is 9.53 Å². The molecule has 0 aliphatic rings. The van der Waals surface area contributed by atoms with Crippen LogP contribution in [0.25, 0.3) is 0 Å². The monoisotopic (exact) mass is 230 g/mol. The number of hydrogen-bond donors (Lipinski definition) is 2. The zero-order chi connectivity index (χ0) is 12.6. The minimum absolute atomic E-state index is 0.0810. The van der Waals surface area contributed by atoms with Crippen molar-refractivity contribution in [2.24, 2.45) is 17.6 Å². The standard InChI is InChI=1S/C12H26N2O2/c1-5-10(4)11(13)12(15)14-6-7-16-8-9(2)3/h9-11H,5-8,13H2,1-4H3,(H,14,15)/t10?,11-/m0/s1. The average Bonchev–Trinajstić information content (AvgIpc) is 2.25. The molecule has 16 heavy (non-hydrogen) atoms. The molecule has 4 nitrogen and oxygen atoms in total. The third-order valence-electron chi connectivity index (χ3n) is 2.56. The molecule has 0 bridgehead atoms. The lowest BCUT2D eigenvalue weighted by Crippen LogP contribution is -2.45. The van der Waals surface area contributed by atoms with E-state index in [0.717, 1.165) is 13.0 Å². The topological polar surface area (TPSA) is 64.4 Å². The Hall–Kier alpha value is -0.610. The molecule has 4 heteroatoms. The van der Waals surface area contributed by atoms with Crippen LogP contribution >= 0.6 is 0 Å². The van der Waals surface area contributed by atoms with Crippen molar-refractivity contribution in [2.45, 2.75) is 40.2 Å². The number of amides is 1. The molecular formula is C12H26N2O2. The zero-order valence-corrected chi connectivity index (χ0v) is 11.0. The molecule has 0 radical (unpaired) electrons. The van der Waals surface area contributed by atoms with Gasteiger partial charge < -0.3 is 15.8 Å². The third-order valence-corrected chi connectivity index (χ3v) is 2.56. The first-order chi connectivity index (χ1) is 7.49. The van der Waals surface area contributed by atoms with E-state index < -0.39 is 6.04 Å². The minimum atomic E-state index is -0.407. The molecule has 0 aliphatic carbocycles. The molecule has 1 unspecified atom stereocenters. The maximum absolute atomic E-state index is 11.5. The van der Waals surface area contributed by atoms with E-state index in [9.17, 15) is 4.79 Å². The van der Waals surface area contributed by atoms with Crippen molar-refractivity contribution >= 4 is 5.91 Å². The van der Waals surface area contributed by atoms with E-state index in [2.05, 4.69) is 19.2 Å². The molecule has 0 heterocycles. The number of rotatable bonds is 8. The average molecular weight is 230 g/mol. The van der Waals surface area contributed by atoms with Gasteiger partial charge in [-0.2, -0.15) is 0 Å². The molecule has 96 valence electrons. The van der Waals surface area contributed by atoms with Crippen molar-refractivity contribution in [3.05, 3.63) is 0 Å². The highest BCUT2D eigenvalue weighted by atomic mass is 16.5. The first-order valence-corrected chi connectivity index (χ1v) is 6.10. The summed E-state index contributed by atoms with van der Waals surface area (Å²) in [5.41, 5.74) is 5.78. The van der Waals surface area contributed by atoms with Gasteiger partial charge in [0.15, 0.2) is 0 Å². The number of carbonyl (C=O) groups excluding carboxylic acids is 1. The predicted octanol–water partition coefficient (Wildman–Crippen LogP) is 1.15. The van der Waals surface area contributed by atoms with Crippen molar-refractivity contribution in [3.8, 4) is 0 Å². The van der Waals surface area contributed by atoms with Crippen LogP contribution < -0.4 is 11.1 Å². The van der Waals surface area contributed by atoms with Crippen LogP contribution in [0, 0.1) is 11.8 Å². The smallest absolute Gasteiger partial charge is 0.237 e. The molecule has 0 aromatic carbocycles. The molecule has 0 saturated carbocycles. The Morgan fingerprint density at radius 3 is 2.50 bits per heavy atom. The maximum Gasteiger partial charge on any atom is 0.237 e. The fourth-order valence-electron chi connectivity index (χ4n) is 1.20. The first kappa shape index (κ1) is 15.4. The SMILES string of the molecule is CCC(C)[C@H](N)C(=O)NCCOCC(C)C. The quantitative estimate of drug-likeness (QED) is 0.615. The van der Waals surface area contributed by atoms with Gasteiger partial charge in [0.05, 0.1) is 12.6 Å². The lowest BCUT2D eigenvalue weighted by Gasteiger charge is -2.17. The summed E-state index contributed by atoms with van der Waals surface area (Å²) in [6.07, 6.45) is 0.915. The Kier molecular flexibility index (Phi) is 8.21. The van der Waals surface area contributed by atoms with E-state index in [1.807, 2.05) is 13.8 Å². The van der Waals surface area contributed by atoms with Gasteiger partial charge in [0, 0.05) is 13.2 Å². The minimum Gasteiger partial charge on any atom is -0.379 e. The molecule has 2 atom stereocenters. The van der Waals surface area contributed by atoms with Crippen LogP contribution in [-0.2, 0) is 9.53 Å². The Labute approximate surface area is 98.9 Å². The van der Waals surface area contributed by atoms with Gasteiger partial charge in [0.2, 0.25) is 5.91 Å². The molecule has 0 saturated heterocycles. The Morgan fingerprint density at radius 2 is 2.00 bits per heavy atom. The van der Waals surface area contributed by atoms with Crippen molar-refractivity contribution in [2.75, 3.05) is 19.8 Å². The molecule has 0 aromatic rings. The number of ether oxygens (including phenoxy) is 1. The van der Waals surface area contributed by atoms with Gasteiger partial charge in [-0.15, -0.1) is 0 Å². The van der Waals surface area contributed by atoms with Gasteiger partial charge in [-0.3, -0.25) is 4.79 Å². The largest absolute Gasteiger partial charge is 0.379 e. The lowest BCUT2D eigenvalue weighted by atomic mass is 9.99. The van der Waals surface area contributed by atoms with Gasteiger partial charge in [0.1, 0.15) is 0 Å². The Balaban J connectivity index is 3.57. The molecule has 0 spiro atoms. The molecule has 0 rings (SSSR count). The van der Waals surface area contributed by atoms with Crippen LogP contribution in [0.4, 0.5) is 0 Å². The zero-order valence-electron chi connectivity index (χ0n) is 11.0. The van der Waals surface area contributed by atoms with Crippen LogP contribution in [0.15, 0.2) is 0 Å². The van der Waals surface area contributed by atoms with Gasteiger partial charge in [0.25, 0.3) is 0 Å². The summed E-state index contributed by atoms with van der Waals surface area (Å²) in [6, 6.07) is -0.407. The summed E-state index contributed by atoms with van der Waals surface area (Å²) in [4.78, 5) is 11.5. The van der Waals surface area contributed by atoms with E-state index in [1.165, 1.54) is 0 Å². The van der Waals surface area contributed by atoms with Crippen LogP contribution in [0.5, 0.6) is 0 Å². The lowest BCUT2D eigenvalue weighted by molar-refractivity contribution is -0.123. The summed E-state index contributed by atoms with van der Waals surface area (Å²) in [5.74, 6) is 0.664. The van der Waals surface area contributed by atoms with Crippen LogP contribution in [0.2, 0.25) is 0 Å². The highest BCUT2D eigenvalue weighted by molar-refractivity contribution is 5.81.